The van der Waals surface area contributed by atoms with Crippen LogP contribution in [0.5, 0.6) is 0 Å². The zero-order valence-electron chi connectivity index (χ0n) is 15.6. The van der Waals surface area contributed by atoms with Gasteiger partial charge in [0.05, 0.1) is 4.90 Å². The molecule has 8 heteroatoms. The molecule has 0 bridgehead atoms. The van der Waals surface area contributed by atoms with Crippen molar-refractivity contribution < 1.29 is 17.6 Å². The lowest BCUT2D eigenvalue weighted by molar-refractivity contribution is 0.0783. The van der Waals surface area contributed by atoms with Crippen LogP contribution < -0.4 is 0 Å². The smallest absolute Gasteiger partial charge is 0.253 e. The number of nitrogens with zero attached hydrogens (tertiary/aromatic N) is 2. The molecule has 0 unspecified atom stereocenters. The van der Waals surface area contributed by atoms with Crippen molar-refractivity contribution in [3.8, 4) is 0 Å². The first-order valence-electron chi connectivity index (χ1n) is 9.09. The summed E-state index contributed by atoms with van der Waals surface area (Å²) in [5.74, 6) is -0.899. The number of carbonyl (C=O) groups excluding carboxylic acids is 1. The summed E-state index contributed by atoms with van der Waals surface area (Å²) < 4.78 is 41.1. The van der Waals surface area contributed by atoms with E-state index in [0.717, 1.165) is 19.3 Å². The van der Waals surface area contributed by atoms with Crippen molar-refractivity contribution in [1.82, 2.24) is 9.21 Å². The zero-order valence-corrected chi connectivity index (χ0v) is 17.1. The maximum atomic E-state index is 14.0. The Bertz CT molecular complexity index is 955. The fourth-order valence-electron chi connectivity index (χ4n) is 3.26. The highest BCUT2D eigenvalue weighted by Gasteiger charge is 2.27. The average molecular weight is 425 g/mol. The highest BCUT2D eigenvalue weighted by atomic mass is 35.5. The molecule has 1 saturated heterocycles. The van der Waals surface area contributed by atoms with Gasteiger partial charge in [-0.2, -0.15) is 4.31 Å². The molecule has 1 aliphatic heterocycles. The molecule has 5 nitrogen and oxygen atoms in total. The van der Waals surface area contributed by atoms with Gasteiger partial charge in [-0.25, -0.2) is 12.8 Å². The lowest BCUT2D eigenvalue weighted by Gasteiger charge is -2.26. The number of rotatable bonds is 5. The molecule has 2 aromatic rings. The van der Waals surface area contributed by atoms with Gasteiger partial charge in [-0.15, -0.1) is 0 Å². The van der Waals surface area contributed by atoms with Crippen molar-refractivity contribution in [2.45, 2.75) is 30.7 Å². The summed E-state index contributed by atoms with van der Waals surface area (Å²) in [7, 11) is -2.11. The fraction of sp³-hybridized carbons (Fsp3) is 0.350. The van der Waals surface area contributed by atoms with E-state index in [4.69, 9.17) is 11.6 Å². The van der Waals surface area contributed by atoms with Gasteiger partial charge in [-0.05, 0) is 43.2 Å². The maximum Gasteiger partial charge on any atom is 0.253 e. The molecule has 1 fully saturated rings. The van der Waals surface area contributed by atoms with Crippen molar-refractivity contribution >= 4 is 27.5 Å². The number of halogens is 2. The Labute approximate surface area is 169 Å². The van der Waals surface area contributed by atoms with Crippen molar-refractivity contribution in [2.75, 3.05) is 20.1 Å². The van der Waals surface area contributed by atoms with Crippen molar-refractivity contribution in [3.05, 3.63) is 64.4 Å². The van der Waals surface area contributed by atoms with Crippen LogP contribution in [0, 0.1) is 5.82 Å². The van der Waals surface area contributed by atoms with Gasteiger partial charge < -0.3 is 4.90 Å². The number of hydrogen-bond acceptors (Lipinski definition) is 3. The van der Waals surface area contributed by atoms with E-state index in [1.54, 1.807) is 18.2 Å². The van der Waals surface area contributed by atoms with Gasteiger partial charge >= 0.3 is 0 Å². The van der Waals surface area contributed by atoms with Crippen LogP contribution in [-0.2, 0) is 16.6 Å². The van der Waals surface area contributed by atoms with Crippen LogP contribution in [0.2, 0.25) is 5.02 Å². The molecule has 2 aromatic carbocycles. The van der Waals surface area contributed by atoms with Gasteiger partial charge in [-0.3, -0.25) is 4.79 Å². The molecule has 0 N–H and O–H groups in total. The van der Waals surface area contributed by atoms with Crippen LogP contribution in [0.4, 0.5) is 4.39 Å². The van der Waals surface area contributed by atoms with Gasteiger partial charge in [0.1, 0.15) is 5.82 Å². The molecule has 0 aliphatic carbocycles. The largest absolute Gasteiger partial charge is 0.337 e. The molecule has 0 spiro atoms. The summed E-state index contributed by atoms with van der Waals surface area (Å²) in [6.07, 6.45) is 2.70. The highest BCUT2D eigenvalue weighted by molar-refractivity contribution is 7.89. The van der Waals surface area contributed by atoms with E-state index in [1.165, 1.54) is 40.5 Å². The second kappa shape index (κ2) is 8.59. The Kier molecular flexibility index (Phi) is 6.37. The fourth-order valence-corrected chi connectivity index (χ4v) is 5.04. The van der Waals surface area contributed by atoms with Crippen molar-refractivity contribution in [2.24, 2.45) is 0 Å². The quantitative estimate of drug-likeness (QED) is 0.730. The number of amides is 1. The minimum atomic E-state index is -3.63. The maximum absolute atomic E-state index is 14.0. The van der Waals surface area contributed by atoms with Crippen LogP contribution in [0.15, 0.2) is 47.4 Å². The Morgan fingerprint density at radius 3 is 2.50 bits per heavy atom. The van der Waals surface area contributed by atoms with E-state index in [0.29, 0.717) is 13.1 Å². The predicted octanol–water partition coefficient (Wildman–Crippen LogP) is 3.93. The SMILES string of the molecule is CN(Cc1c(F)cccc1Cl)C(=O)c1cccc(S(=O)(=O)N2CCCCC2)c1. The summed E-state index contributed by atoms with van der Waals surface area (Å²) in [5.41, 5.74) is 0.449. The van der Waals surface area contributed by atoms with E-state index in [-0.39, 0.29) is 27.6 Å². The van der Waals surface area contributed by atoms with Crippen molar-refractivity contribution in [1.29, 1.82) is 0 Å². The second-order valence-corrected chi connectivity index (χ2v) is 9.20. The summed E-state index contributed by atoms with van der Waals surface area (Å²) >= 11 is 6.03. The molecular formula is C20H22ClFN2O3S. The van der Waals surface area contributed by atoms with Gasteiger partial charge in [-0.1, -0.05) is 30.2 Å². The minimum Gasteiger partial charge on any atom is -0.337 e. The second-order valence-electron chi connectivity index (χ2n) is 6.85. The summed E-state index contributed by atoms with van der Waals surface area (Å²) in [4.78, 5) is 14.2. The number of carbonyl (C=O) groups is 1. The van der Waals surface area contributed by atoms with Crippen LogP contribution in [0.25, 0.3) is 0 Å². The Morgan fingerprint density at radius 2 is 1.82 bits per heavy atom. The van der Waals surface area contributed by atoms with Crippen LogP contribution >= 0.6 is 11.6 Å². The molecule has 0 aromatic heterocycles. The topological polar surface area (TPSA) is 57.7 Å². The monoisotopic (exact) mass is 424 g/mol. The molecule has 150 valence electrons. The minimum absolute atomic E-state index is 0.0204. The summed E-state index contributed by atoms with van der Waals surface area (Å²) in [6, 6.07) is 10.3. The first-order chi connectivity index (χ1) is 13.3. The summed E-state index contributed by atoms with van der Waals surface area (Å²) in [6.45, 7) is 0.964. The molecule has 0 atom stereocenters. The molecule has 3 rings (SSSR count). The molecule has 28 heavy (non-hydrogen) atoms. The Morgan fingerprint density at radius 1 is 1.14 bits per heavy atom. The molecule has 1 amide bonds. The molecule has 0 saturated carbocycles. The third-order valence-electron chi connectivity index (χ3n) is 4.84. The first-order valence-corrected chi connectivity index (χ1v) is 10.9. The molecular weight excluding hydrogens is 403 g/mol. The zero-order chi connectivity index (χ0) is 20.3. The van der Waals surface area contributed by atoms with E-state index in [2.05, 4.69) is 0 Å². The van der Waals surface area contributed by atoms with Crippen molar-refractivity contribution in [3.63, 3.8) is 0 Å². The van der Waals surface area contributed by atoms with Gasteiger partial charge in [0.25, 0.3) is 5.91 Å². The van der Waals surface area contributed by atoms with Crippen LogP contribution in [0.3, 0.4) is 0 Å². The highest BCUT2D eigenvalue weighted by Crippen LogP contribution is 2.23. The number of piperidine rings is 1. The van der Waals surface area contributed by atoms with E-state index in [9.17, 15) is 17.6 Å². The Balaban J connectivity index is 1.82. The van der Waals surface area contributed by atoms with E-state index < -0.39 is 21.7 Å². The number of sulfonamides is 1. The Hall–Kier alpha value is -1.96. The van der Waals surface area contributed by atoms with Gasteiger partial charge in [0, 0.05) is 42.8 Å². The third-order valence-corrected chi connectivity index (χ3v) is 7.09. The lowest BCUT2D eigenvalue weighted by atomic mass is 10.1. The number of benzene rings is 2. The normalized spacial score (nSPS) is 15.4. The van der Waals surface area contributed by atoms with Gasteiger partial charge in [0.15, 0.2) is 0 Å². The first kappa shape index (κ1) is 20.8. The predicted molar refractivity (Wildman–Crippen MR) is 106 cm³/mol. The molecule has 1 aliphatic rings. The van der Waals surface area contributed by atoms with E-state index in [1.807, 2.05) is 0 Å². The standard InChI is InChI=1S/C20H22ClFN2O3S/c1-23(14-17-18(21)9-6-10-19(17)22)20(25)15-7-5-8-16(13-15)28(26,27)24-11-3-2-4-12-24/h5-10,13H,2-4,11-12,14H2,1H3. The van der Waals surface area contributed by atoms with Gasteiger partial charge in [0.2, 0.25) is 10.0 Å². The van der Waals surface area contributed by atoms with Crippen LogP contribution in [0.1, 0.15) is 35.2 Å². The average Bonchev–Trinajstić information content (AvgIpc) is 2.71. The number of hydrogen-bond donors (Lipinski definition) is 0. The van der Waals surface area contributed by atoms with Crippen LogP contribution in [-0.4, -0.2) is 43.7 Å². The lowest BCUT2D eigenvalue weighted by Crippen LogP contribution is -2.35. The molecule has 0 radical (unpaired) electrons. The summed E-state index contributed by atoms with van der Waals surface area (Å²) in [5, 5.41) is 0.237. The third kappa shape index (κ3) is 4.37. The van der Waals surface area contributed by atoms with E-state index >= 15 is 0 Å². The molecule has 1 heterocycles.